The van der Waals surface area contributed by atoms with Crippen LogP contribution < -0.4 is 10.6 Å². The second-order valence-corrected chi connectivity index (χ2v) is 5.45. The van der Waals surface area contributed by atoms with E-state index in [-0.39, 0.29) is 0 Å². The van der Waals surface area contributed by atoms with Gasteiger partial charge >= 0.3 is 0 Å². The SMILES string of the molecule is CNc1cc(NCC2CCN(C)C2)nc(SC)n1. The summed E-state index contributed by atoms with van der Waals surface area (Å²) in [5.74, 6) is 2.49. The molecular weight excluding hydrogens is 246 g/mol. The van der Waals surface area contributed by atoms with Crippen LogP contribution in [0.5, 0.6) is 0 Å². The van der Waals surface area contributed by atoms with E-state index in [9.17, 15) is 0 Å². The van der Waals surface area contributed by atoms with E-state index < -0.39 is 0 Å². The third-order valence-corrected chi connectivity index (χ3v) is 3.75. The monoisotopic (exact) mass is 267 g/mol. The summed E-state index contributed by atoms with van der Waals surface area (Å²) in [6, 6.07) is 1.96. The van der Waals surface area contributed by atoms with Gasteiger partial charge in [-0.25, -0.2) is 9.97 Å². The van der Waals surface area contributed by atoms with E-state index in [0.717, 1.165) is 29.3 Å². The second kappa shape index (κ2) is 6.24. The molecule has 1 fully saturated rings. The molecule has 0 radical (unpaired) electrons. The third-order valence-electron chi connectivity index (χ3n) is 3.21. The Bertz CT molecular complexity index is 376. The van der Waals surface area contributed by atoms with Crippen LogP contribution in [0.3, 0.4) is 0 Å². The Kier molecular flexibility index (Phi) is 4.66. The van der Waals surface area contributed by atoms with Gasteiger partial charge in [-0.05, 0) is 32.2 Å². The number of nitrogens with zero attached hydrogens (tertiary/aromatic N) is 3. The molecule has 0 aromatic carbocycles. The molecule has 1 saturated heterocycles. The van der Waals surface area contributed by atoms with Gasteiger partial charge in [0.05, 0.1) is 0 Å². The fraction of sp³-hybridized carbons (Fsp3) is 0.667. The highest BCUT2D eigenvalue weighted by molar-refractivity contribution is 7.98. The zero-order valence-electron chi connectivity index (χ0n) is 11.2. The lowest BCUT2D eigenvalue weighted by molar-refractivity contribution is 0.399. The third kappa shape index (κ3) is 3.49. The number of aromatic nitrogens is 2. The molecule has 5 nitrogen and oxygen atoms in total. The Morgan fingerprint density at radius 1 is 1.44 bits per heavy atom. The van der Waals surface area contributed by atoms with Crippen molar-refractivity contribution in [2.45, 2.75) is 11.6 Å². The summed E-state index contributed by atoms with van der Waals surface area (Å²) in [5, 5.41) is 7.29. The van der Waals surface area contributed by atoms with Gasteiger partial charge in [0.15, 0.2) is 5.16 Å². The van der Waals surface area contributed by atoms with E-state index in [1.165, 1.54) is 19.5 Å². The molecule has 1 aromatic heterocycles. The van der Waals surface area contributed by atoms with Crippen molar-refractivity contribution < 1.29 is 0 Å². The summed E-state index contributed by atoms with van der Waals surface area (Å²) in [4.78, 5) is 11.2. The normalized spacial score (nSPS) is 20.1. The minimum absolute atomic E-state index is 0.723. The largest absolute Gasteiger partial charge is 0.373 e. The van der Waals surface area contributed by atoms with Gasteiger partial charge in [0.2, 0.25) is 0 Å². The summed E-state index contributed by atoms with van der Waals surface area (Å²) < 4.78 is 0. The Labute approximate surface area is 113 Å². The second-order valence-electron chi connectivity index (χ2n) is 4.67. The Morgan fingerprint density at radius 2 is 2.22 bits per heavy atom. The molecule has 0 saturated carbocycles. The molecule has 100 valence electrons. The van der Waals surface area contributed by atoms with Crippen molar-refractivity contribution in [3.63, 3.8) is 0 Å². The number of hydrogen-bond acceptors (Lipinski definition) is 6. The smallest absolute Gasteiger partial charge is 0.191 e. The zero-order valence-corrected chi connectivity index (χ0v) is 12.0. The average Bonchev–Trinajstić information content (AvgIpc) is 2.81. The first kappa shape index (κ1) is 13.4. The lowest BCUT2D eigenvalue weighted by atomic mass is 10.1. The van der Waals surface area contributed by atoms with Crippen LogP contribution in [0.2, 0.25) is 0 Å². The fourth-order valence-electron chi connectivity index (χ4n) is 2.18. The summed E-state index contributed by atoms with van der Waals surface area (Å²) in [5.41, 5.74) is 0. The van der Waals surface area contributed by atoms with Gasteiger partial charge in [-0.2, -0.15) is 0 Å². The molecular formula is C12H21N5S. The molecule has 1 aliphatic heterocycles. The molecule has 1 unspecified atom stereocenters. The number of rotatable bonds is 5. The maximum atomic E-state index is 4.47. The Hall–Kier alpha value is -1.01. The molecule has 18 heavy (non-hydrogen) atoms. The molecule has 1 aromatic rings. The van der Waals surface area contributed by atoms with Crippen LogP contribution in [-0.4, -0.2) is 54.9 Å². The van der Waals surface area contributed by atoms with Crippen LogP contribution in [0.1, 0.15) is 6.42 Å². The van der Waals surface area contributed by atoms with Gasteiger partial charge in [0, 0.05) is 26.2 Å². The predicted molar refractivity (Wildman–Crippen MR) is 77.5 cm³/mol. The van der Waals surface area contributed by atoms with Gasteiger partial charge in [-0.3, -0.25) is 0 Å². The van der Waals surface area contributed by atoms with E-state index in [1.807, 2.05) is 19.4 Å². The minimum Gasteiger partial charge on any atom is -0.373 e. The van der Waals surface area contributed by atoms with Crippen molar-refractivity contribution in [2.24, 2.45) is 5.92 Å². The topological polar surface area (TPSA) is 53.1 Å². The zero-order chi connectivity index (χ0) is 13.0. The number of thioether (sulfide) groups is 1. The van der Waals surface area contributed by atoms with Gasteiger partial charge in [-0.1, -0.05) is 11.8 Å². The summed E-state index contributed by atoms with van der Waals surface area (Å²) >= 11 is 1.56. The van der Waals surface area contributed by atoms with Crippen LogP contribution in [0.4, 0.5) is 11.6 Å². The highest BCUT2D eigenvalue weighted by Gasteiger charge is 2.19. The van der Waals surface area contributed by atoms with E-state index in [1.54, 1.807) is 11.8 Å². The molecule has 2 N–H and O–H groups in total. The van der Waals surface area contributed by atoms with Crippen molar-refractivity contribution in [1.82, 2.24) is 14.9 Å². The van der Waals surface area contributed by atoms with Crippen molar-refractivity contribution in [3.8, 4) is 0 Å². The highest BCUT2D eigenvalue weighted by atomic mass is 32.2. The molecule has 2 heterocycles. The van der Waals surface area contributed by atoms with Crippen LogP contribution in [0.25, 0.3) is 0 Å². The van der Waals surface area contributed by atoms with Gasteiger partial charge in [0.25, 0.3) is 0 Å². The average molecular weight is 267 g/mol. The predicted octanol–water partition coefficient (Wildman–Crippen LogP) is 1.60. The van der Waals surface area contributed by atoms with Crippen LogP contribution in [-0.2, 0) is 0 Å². The summed E-state index contributed by atoms with van der Waals surface area (Å²) in [6.07, 6.45) is 3.26. The number of hydrogen-bond donors (Lipinski definition) is 2. The van der Waals surface area contributed by atoms with Crippen LogP contribution in [0.15, 0.2) is 11.2 Å². The summed E-state index contributed by atoms with van der Waals surface area (Å²) in [6.45, 7) is 3.36. The fourth-order valence-corrected chi connectivity index (χ4v) is 2.56. The number of nitrogens with one attached hydrogen (secondary N) is 2. The quantitative estimate of drug-likeness (QED) is 0.624. The molecule has 0 amide bonds. The van der Waals surface area contributed by atoms with Crippen LogP contribution in [0, 0.1) is 5.92 Å². The Balaban J connectivity index is 1.95. The maximum absolute atomic E-state index is 4.47. The van der Waals surface area contributed by atoms with Gasteiger partial charge in [0.1, 0.15) is 11.6 Å². The first-order valence-electron chi connectivity index (χ1n) is 6.24. The maximum Gasteiger partial charge on any atom is 0.191 e. The first-order valence-corrected chi connectivity index (χ1v) is 7.47. The van der Waals surface area contributed by atoms with Crippen molar-refractivity contribution in [2.75, 3.05) is 50.6 Å². The highest BCUT2D eigenvalue weighted by Crippen LogP contribution is 2.19. The van der Waals surface area contributed by atoms with E-state index in [4.69, 9.17) is 0 Å². The molecule has 2 rings (SSSR count). The van der Waals surface area contributed by atoms with Gasteiger partial charge < -0.3 is 15.5 Å². The van der Waals surface area contributed by atoms with Crippen LogP contribution >= 0.6 is 11.8 Å². The van der Waals surface area contributed by atoms with E-state index in [0.29, 0.717) is 0 Å². The molecule has 6 heteroatoms. The molecule has 1 aliphatic rings. The van der Waals surface area contributed by atoms with Crippen molar-refractivity contribution in [3.05, 3.63) is 6.07 Å². The first-order chi connectivity index (χ1) is 8.71. The lowest BCUT2D eigenvalue weighted by Gasteiger charge is -2.13. The van der Waals surface area contributed by atoms with E-state index in [2.05, 4.69) is 32.5 Å². The number of anilines is 2. The number of likely N-dealkylation sites (tertiary alicyclic amines) is 1. The molecule has 0 spiro atoms. The Morgan fingerprint density at radius 3 is 2.83 bits per heavy atom. The van der Waals surface area contributed by atoms with Gasteiger partial charge in [-0.15, -0.1) is 0 Å². The molecule has 0 aliphatic carbocycles. The van der Waals surface area contributed by atoms with Crippen molar-refractivity contribution in [1.29, 1.82) is 0 Å². The minimum atomic E-state index is 0.723. The van der Waals surface area contributed by atoms with Crippen molar-refractivity contribution >= 4 is 23.4 Å². The molecule has 0 bridgehead atoms. The summed E-state index contributed by atoms with van der Waals surface area (Å²) in [7, 11) is 4.05. The van der Waals surface area contributed by atoms with E-state index >= 15 is 0 Å². The molecule has 1 atom stereocenters. The lowest BCUT2D eigenvalue weighted by Crippen LogP contribution is -2.19. The standard InChI is InChI=1S/C12H21N5S/c1-13-10-6-11(16-12(15-10)18-3)14-7-9-4-5-17(2)8-9/h6,9H,4-5,7-8H2,1-3H3,(H2,13,14,15,16).